The molecule has 0 aliphatic carbocycles. The standard InChI is InChI=1S/C15H19N3OS/c1-9-7-18-8-12(4-5-14(18)16-9)17-15(19)13-6-10(2)20-11(13)3/h6-7,12H,4-5,8H2,1-3H3,(H,17,19)/t12-/m1/s1. The summed E-state index contributed by atoms with van der Waals surface area (Å²) in [7, 11) is 0. The number of hydrogen-bond donors (Lipinski definition) is 1. The van der Waals surface area contributed by atoms with Crippen molar-refractivity contribution >= 4 is 17.2 Å². The number of nitrogens with zero attached hydrogens (tertiary/aromatic N) is 2. The van der Waals surface area contributed by atoms with Crippen LogP contribution in [0.5, 0.6) is 0 Å². The molecule has 1 atom stereocenters. The second kappa shape index (κ2) is 5.05. The molecule has 0 saturated carbocycles. The summed E-state index contributed by atoms with van der Waals surface area (Å²) in [5.41, 5.74) is 1.87. The maximum atomic E-state index is 12.3. The molecule has 4 nitrogen and oxygen atoms in total. The van der Waals surface area contributed by atoms with Crippen LogP contribution in [0, 0.1) is 20.8 Å². The first-order valence-electron chi connectivity index (χ1n) is 6.93. The predicted octanol–water partition coefficient (Wildman–Crippen LogP) is 2.61. The second-order valence-electron chi connectivity index (χ2n) is 5.49. The normalized spacial score (nSPS) is 17.9. The quantitative estimate of drug-likeness (QED) is 0.924. The van der Waals surface area contributed by atoms with Crippen molar-refractivity contribution in [1.82, 2.24) is 14.9 Å². The van der Waals surface area contributed by atoms with Crippen LogP contribution in [0.1, 0.15) is 38.1 Å². The summed E-state index contributed by atoms with van der Waals surface area (Å²) >= 11 is 1.68. The van der Waals surface area contributed by atoms with Crippen LogP contribution in [0.15, 0.2) is 12.3 Å². The lowest BCUT2D eigenvalue weighted by Crippen LogP contribution is -2.40. The van der Waals surface area contributed by atoms with E-state index in [9.17, 15) is 4.79 Å². The molecule has 106 valence electrons. The van der Waals surface area contributed by atoms with Crippen molar-refractivity contribution in [2.24, 2.45) is 0 Å². The van der Waals surface area contributed by atoms with E-state index in [1.807, 2.05) is 26.8 Å². The Labute approximate surface area is 122 Å². The van der Waals surface area contributed by atoms with Gasteiger partial charge in [0.2, 0.25) is 0 Å². The van der Waals surface area contributed by atoms with Gasteiger partial charge in [-0.15, -0.1) is 11.3 Å². The molecule has 5 heteroatoms. The third kappa shape index (κ3) is 2.50. The maximum Gasteiger partial charge on any atom is 0.252 e. The number of carbonyl (C=O) groups is 1. The van der Waals surface area contributed by atoms with Crippen molar-refractivity contribution < 1.29 is 4.79 Å². The second-order valence-corrected chi connectivity index (χ2v) is 6.95. The Bertz CT molecular complexity index is 656. The third-order valence-electron chi connectivity index (χ3n) is 3.73. The van der Waals surface area contributed by atoms with Gasteiger partial charge in [0.25, 0.3) is 5.91 Å². The molecule has 0 fully saturated rings. The van der Waals surface area contributed by atoms with Gasteiger partial charge >= 0.3 is 0 Å². The van der Waals surface area contributed by atoms with E-state index in [0.29, 0.717) is 0 Å². The zero-order valence-electron chi connectivity index (χ0n) is 12.1. The minimum atomic E-state index is 0.0529. The van der Waals surface area contributed by atoms with Gasteiger partial charge in [0, 0.05) is 35.0 Å². The SMILES string of the molecule is Cc1cn2c(n1)CC[C@@H](NC(=O)c1cc(C)sc1C)C2. The molecule has 20 heavy (non-hydrogen) atoms. The van der Waals surface area contributed by atoms with Crippen LogP contribution >= 0.6 is 11.3 Å². The van der Waals surface area contributed by atoms with E-state index in [1.54, 1.807) is 11.3 Å². The molecule has 2 aromatic heterocycles. The average molecular weight is 289 g/mol. The van der Waals surface area contributed by atoms with Crippen LogP contribution in [0.25, 0.3) is 0 Å². The molecule has 1 aliphatic rings. The van der Waals surface area contributed by atoms with E-state index in [1.165, 1.54) is 4.88 Å². The van der Waals surface area contributed by atoms with Gasteiger partial charge in [-0.3, -0.25) is 4.79 Å². The van der Waals surface area contributed by atoms with Crippen molar-refractivity contribution in [3.63, 3.8) is 0 Å². The van der Waals surface area contributed by atoms with Crippen LogP contribution in [0.2, 0.25) is 0 Å². The Morgan fingerprint density at radius 3 is 2.95 bits per heavy atom. The fraction of sp³-hybridized carbons (Fsp3) is 0.467. The Kier molecular flexibility index (Phi) is 3.38. The Balaban J connectivity index is 1.70. The number of thiophene rings is 1. The molecule has 2 aromatic rings. The number of aromatic nitrogens is 2. The topological polar surface area (TPSA) is 46.9 Å². The van der Waals surface area contributed by atoms with E-state index < -0.39 is 0 Å². The lowest BCUT2D eigenvalue weighted by molar-refractivity contribution is 0.0927. The number of hydrogen-bond acceptors (Lipinski definition) is 3. The Morgan fingerprint density at radius 2 is 2.25 bits per heavy atom. The van der Waals surface area contributed by atoms with E-state index in [0.717, 1.165) is 41.3 Å². The van der Waals surface area contributed by atoms with Gasteiger partial charge in [-0.25, -0.2) is 4.98 Å². The largest absolute Gasteiger partial charge is 0.347 e. The summed E-state index contributed by atoms with van der Waals surface area (Å²) in [6, 6.07) is 2.17. The van der Waals surface area contributed by atoms with Crippen LogP contribution < -0.4 is 5.32 Å². The van der Waals surface area contributed by atoms with Crippen molar-refractivity contribution in [3.8, 4) is 0 Å². The first-order chi connectivity index (χ1) is 9.52. The molecule has 0 bridgehead atoms. The van der Waals surface area contributed by atoms with Gasteiger partial charge in [0.1, 0.15) is 5.82 Å². The highest BCUT2D eigenvalue weighted by Crippen LogP contribution is 2.21. The van der Waals surface area contributed by atoms with Gasteiger partial charge in [-0.1, -0.05) is 0 Å². The molecule has 0 saturated heterocycles. The molecular formula is C15H19N3OS. The molecule has 3 rings (SSSR count). The van der Waals surface area contributed by atoms with E-state index >= 15 is 0 Å². The summed E-state index contributed by atoms with van der Waals surface area (Å²) < 4.78 is 2.16. The molecule has 3 heterocycles. The smallest absolute Gasteiger partial charge is 0.252 e. The van der Waals surface area contributed by atoms with Crippen molar-refractivity contribution in [2.75, 3.05) is 0 Å². The summed E-state index contributed by atoms with van der Waals surface area (Å²) in [5.74, 6) is 1.19. The minimum absolute atomic E-state index is 0.0529. The minimum Gasteiger partial charge on any atom is -0.347 e. The number of fused-ring (bicyclic) bond motifs is 1. The summed E-state index contributed by atoms with van der Waals surface area (Å²) in [6.45, 7) is 6.88. The first kappa shape index (κ1) is 13.4. The number of amides is 1. The predicted molar refractivity (Wildman–Crippen MR) is 80.3 cm³/mol. The zero-order chi connectivity index (χ0) is 14.3. The number of nitrogens with one attached hydrogen (secondary N) is 1. The van der Waals surface area contributed by atoms with Gasteiger partial charge in [0.15, 0.2) is 0 Å². The number of carbonyl (C=O) groups excluding carboxylic acids is 1. The fourth-order valence-corrected chi connectivity index (χ4v) is 3.74. The highest BCUT2D eigenvalue weighted by molar-refractivity contribution is 7.12. The molecule has 1 aliphatic heterocycles. The monoisotopic (exact) mass is 289 g/mol. The highest BCUT2D eigenvalue weighted by Gasteiger charge is 2.22. The summed E-state index contributed by atoms with van der Waals surface area (Å²) in [5, 5.41) is 3.16. The molecule has 0 spiro atoms. The summed E-state index contributed by atoms with van der Waals surface area (Å²) in [6.07, 6.45) is 3.96. The van der Waals surface area contributed by atoms with Gasteiger partial charge < -0.3 is 9.88 Å². The Hall–Kier alpha value is -1.62. The van der Waals surface area contributed by atoms with Gasteiger partial charge in [-0.2, -0.15) is 0 Å². The fourth-order valence-electron chi connectivity index (χ4n) is 2.82. The van der Waals surface area contributed by atoms with Gasteiger partial charge in [0.05, 0.1) is 11.3 Å². The number of imidazole rings is 1. The van der Waals surface area contributed by atoms with Crippen molar-refractivity contribution in [1.29, 1.82) is 0 Å². The lowest BCUT2D eigenvalue weighted by atomic mass is 10.1. The van der Waals surface area contributed by atoms with Gasteiger partial charge in [-0.05, 0) is 33.3 Å². The lowest BCUT2D eigenvalue weighted by Gasteiger charge is -2.24. The number of aryl methyl sites for hydroxylation is 4. The highest BCUT2D eigenvalue weighted by atomic mass is 32.1. The number of rotatable bonds is 2. The van der Waals surface area contributed by atoms with Crippen molar-refractivity contribution in [2.45, 2.75) is 46.2 Å². The van der Waals surface area contributed by atoms with E-state index in [4.69, 9.17) is 0 Å². The molecule has 1 N–H and O–H groups in total. The van der Waals surface area contributed by atoms with E-state index in [2.05, 4.69) is 21.1 Å². The van der Waals surface area contributed by atoms with Crippen LogP contribution in [-0.4, -0.2) is 21.5 Å². The van der Waals surface area contributed by atoms with Crippen molar-refractivity contribution in [3.05, 3.63) is 39.1 Å². The van der Waals surface area contributed by atoms with Crippen LogP contribution in [0.4, 0.5) is 0 Å². The van der Waals surface area contributed by atoms with Crippen LogP contribution in [-0.2, 0) is 13.0 Å². The molecule has 0 radical (unpaired) electrons. The molecule has 0 aromatic carbocycles. The molecule has 1 amide bonds. The Morgan fingerprint density at radius 1 is 1.45 bits per heavy atom. The van der Waals surface area contributed by atoms with Crippen LogP contribution in [0.3, 0.4) is 0 Å². The zero-order valence-corrected chi connectivity index (χ0v) is 12.9. The molecular weight excluding hydrogens is 270 g/mol. The first-order valence-corrected chi connectivity index (χ1v) is 7.75. The average Bonchev–Trinajstić information content (AvgIpc) is 2.90. The maximum absolute atomic E-state index is 12.3. The third-order valence-corrected chi connectivity index (χ3v) is 4.70. The summed E-state index contributed by atoms with van der Waals surface area (Å²) in [4.78, 5) is 19.1. The molecule has 0 unspecified atom stereocenters. The van der Waals surface area contributed by atoms with E-state index in [-0.39, 0.29) is 11.9 Å².